The molecule has 120 valence electrons. The van der Waals surface area contributed by atoms with Gasteiger partial charge in [-0.3, -0.25) is 4.79 Å². The van der Waals surface area contributed by atoms with Gasteiger partial charge in [-0.15, -0.1) is 6.58 Å². The molecule has 3 atom stereocenters. The maximum atomic E-state index is 12.6. The van der Waals surface area contributed by atoms with Gasteiger partial charge in [-0.2, -0.15) is 0 Å². The molecule has 2 aromatic carbocycles. The Morgan fingerprint density at radius 3 is 2.00 bits per heavy atom. The van der Waals surface area contributed by atoms with Crippen LogP contribution in [0.3, 0.4) is 0 Å². The highest BCUT2D eigenvalue weighted by atomic mass is 16.6. The number of benzene rings is 2. The van der Waals surface area contributed by atoms with E-state index in [-0.39, 0.29) is 35.7 Å². The Bertz CT molecular complexity index is 790. The van der Waals surface area contributed by atoms with Crippen molar-refractivity contribution in [2.45, 2.75) is 30.8 Å². The lowest BCUT2D eigenvalue weighted by molar-refractivity contribution is -0.144. The molecule has 0 saturated carbocycles. The summed E-state index contributed by atoms with van der Waals surface area (Å²) in [7, 11) is 0. The second-order valence-corrected chi connectivity index (χ2v) is 7.16. The van der Waals surface area contributed by atoms with Crippen LogP contribution in [0.1, 0.15) is 46.9 Å². The van der Waals surface area contributed by atoms with Crippen LogP contribution in [0.15, 0.2) is 61.2 Å². The summed E-state index contributed by atoms with van der Waals surface area (Å²) in [4.78, 5) is 12.6. The fourth-order valence-corrected chi connectivity index (χ4v) is 5.26. The normalized spacial score (nSPS) is 31.8. The number of hydrogen-bond donors (Lipinski definition) is 0. The molecule has 2 aromatic rings. The zero-order valence-electron chi connectivity index (χ0n) is 13.5. The number of hydrogen-bond acceptors (Lipinski definition) is 2. The van der Waals surface area contributed by atoms with Crippen LogP contribution in [-0.2, 0) is 9.53 Å². The number of rotatable bonds is 3. The van der Waals surface area contributed by atoms with E-state index in [4.69, 9.17) is 4.74 Å². The smallest absolute Gasteiger partial charge is 0.309 e. The SMILES string of the molecule is C=CCCC1C(=O)OC2C3c4ccccc4C(c4ccccc43)C12. The molecule has 4 aliphatic rings. The van der Waals surface area contributed by atoms with Crippen molar-refractivity contribution in [3.8, 4) is 0 Å². The Kier molecular flexibility index (Phi) is 2.97. The second-order valence-electron chi connectivity index (χ2n) is 7.16. The van der Waals surface area contributed by atoms with Gasteiger partial charge in [0.2, 0.25) is 0 Å². The van der Waals surface area contributed by atoms with Gasteiger partial charge in [0.25, 0.3) is 0 Å². The lowest BCUT2D eigenvalue weighted by atomic mass is 9.55. The van der Waals surface area contributed by atoms with Crippen LogP contribution < -0.4 is 0 Å². The highest BCUT2D eigenvalue weighted by Crippen LogP contribution is 2.61. The number of ether oxygens (including phenoxy) is 1. The molecular weight excluding hydrogens is 296 g/mol. The van der Waals surface area contributed by atoms with Crippen LogP contribution in [0.2, 0.25) is 0 Å². The van der Waals surface area contributed by atoms with Crippen molar-refractivity contribution in [3.63, 3.8) is 0 Å². The summed E-state index contributed by atoms with van der Waals surface area (Å²) in [6.07, 6.45) is 3.60. The average molecular weight is 316 g/mol. The van der Waals surface area contributed by atoms with Crippen LogP contribution in [-0.4, -0.2) is 12.1 Å². The highest BCUT2D eigenvalue weighted by molar-refractivity contribution is 5.78. The first-order valence-corrected chi connectivity index (χ1v) is 8.80. The summed E-state index contributed by atoms with van der Waals surface area (Å²) >= 11 is 0. The van der Waals surface area contributed by atoms with Gasteiger partial charge in [-0.05, 0) is 35.1 Å². The summed E-state index contributed by atoms with van der Waals surface area (Å²) < 4.78 is 5.95. The van der Waals surface area contributed by atoms with Gasteiger partial charge in [-0.25, -0.2) is 0 Å². The largest absolute Gasteiger partial charge is 0.461 e. The van der Waals surface area contributed by atoms with Gasteiger partial charge in [-0.1, -0.05) is 54.6 Å². The molecule has 3 aliphatic carbocycles. The Hall–Kier alpha value is -2.35. The first-order chi connectivity index (χ1) is 11.8. The molecule has 2 heteroatoms. The van der Waals surface area contributed by atoms with Gasteiger partial charge in [0.1, 0.15) is 6.10 Å². The quantitative estimate of drug-likeness (QED) is 0.619. The van der Waals surface area contributed by atoms with Crippen molar-refractivity contribution in [2.75, 3.05) is 0 Å². The van der Waals surface area contributed by atoms with E-state index >= 15 is 0 Å². The number of allylic oxidation sites excluding steroid dienone is 1. The molecule has 0 spiro atoms. The molecule has 0 amide bonds. The van der Waals surface area contributed by atoms with Gasteiger partial charge in [0.15, 0.2) is 0 Å². The second kappa shape index (κ2) is 5.07. The lowest BCUT2D eigenvalue weighted by Gasteiger charge is -2.47. The Balaban J connectivity index is 1.71. The first-order valence-electron chi connectivity index (χ1n) is 8.80. The fourth-order valence-electron chi connectivity index (χ4n) is 5.26. The van der Waals surface area contributed by atoms with E-state index in [9.17, 15) is 4.79 Å². The molecule has 6 rings (SSSR count). The fraction of sp³-hybridized carbons (Fsp3) is 0.318. The molecule has 0 aromatic heterocycles. The highest BCUT2D eigenvalue weighted by Gasteiger charge is 2.59. The molecule has 0 radical (unpaired) electrons. The third-order valence-electron chi connectivity index (χ3n) is 6.13. The monoisotopic (exact) mass is 316 g/mol. The molecule has 3 unspecified atom stereocenters. The Morgan fingerprint density at radius 2 is 1.46 bits per heavy atom. The summed E-state index contributed by atoms with van der Waals surface area (Å²) in [6, 6.07) is 17.3. The predicted octanol–water partition coefficient (Wildman–Crippen LogP) is 4.40. The molecular formula is C22H20O2. The van der Waals surface area contributed by atoms with Gasteiger partial charge < -0.3 is 4.74 Å². The standard InChI is InChI=1S/C22H20O2/c1-2-3-8-17-20-18-13-9-4-6-11-15(13)19(21(20)24-22(17)23)16-12-7-5-10-14(16)18/h2,4-7,9-12,17-21H,1,3,8H2. The molecule has 2 bridgehead atoms. The van der Waals surface area contributed by atoms with E-state index in [1.165, 1.54) is 22.3 Å². The van der Waals surface area contributed by atoms with E-state index in [0.29, 0.717) is 0 Å². The minimum Gasteiger partial charge on any atom is -0.461 e. The van der Waals surface area contributed by atoms with Crippen molar-refractivity contribution in [3.05, 3.63) is 83.4 Å². The minimum absolute atomic E-state index is 0.0116. The van der Waals surface area contributed by atoms with Gasteiger partial charge in [0.05, 0.1) is 5.92 Å². The lowest BCUT2D eigenvalue weighted by Crippen LogP contribution is -2.43. The van der Waals surface area contributed by atoms with Crippen LogP contribution >= 0.6 is 0 Å². The first kappa shape index (κ1) is 14.0. The van der Waals surface area contributed by atoms with Crippen molar-refractivity contribution >= 4 is 5.97 Å². The molecule has 24 heavy (non-hydrogen) atoms. The number of esters is 1. The van der Waals surface area contributed by atoms with E-state index < -0.39 is 0 Å². The molecule has 2 nitrogen and oxygen atoms in total. The number of carbonyl (C=O) groups excluding carboxylic acids is 1. The summed E-state index contributed by atoms with van der Waals surface area (Å²) in [6.45, 7) is 3.82. The van der Waals surface area contributed by atoms with Crippen LogP contribution in [0.25, 0.3) is 0 Å². The summed E-state index contributed by atoms with van der Waals surface area (Å²) in [5, 5.41) is 0. The van der Waals surface area contributed by atoms with E-state index in [2.05, 4.69) is 55.1 Å². The maximum absolute atomic E-state index is 12.6. The third kappa shape index (κ3) is 1.69. The van der Waals surface area contributed by atoms with E-state index in [1.54, 1.807) is 0 Å². The van der Waals surface area contributed by atoms with Crippen molar-refractivity contribution < 1.29 is 9.53 Å². The molecule has 1 heterocycles. The molecule has 1 saturated heterocycles. The molecule has 0 N–H and O–H groups in total. The third-order valence-corrected chi connectivity index (χ3v) is 6.13. The number of carbonyl (C=O) groups is 1. The van der Waals surface area contributed by atoms with Crippen molar-refractivity contribution in [1.82, 2.24) is 0 Å². The van der Waals surface area contributed by atoms with Crippen LogP contribution in [0, 0.1) is 11.8 Å². The van der Waals surface area contributed by atoms with E-state index in [0.717, 1.165) is 12.8 Å². The zero-order valence-corrected chi connectivity index (χ0v) is 13.5. The average Bonchev–Trinajstić information content (AvgIpc) is 2.96. The van der Waals surface area contributed by atoms with Gasteiger partial charge >= 0.3 is 5.97 Å². The molecule has 1 fully saturated rings. The van der Waals surface area contributed by atoms with Crippen molar-refractivity contribution in [1.29, 1.82) is 0 Å². The van der Waals surface area contributed by atoms with Crippen LogP contribution in [0.4, 0.5) is 0 Å². The van der Waals surface area contributed by atoms with Crippen molar-refractivity contribution in [2.24, 2.45) is 11.8 Å². The minimum atomic E-state index is -0.0119. The summed E-state index contributed by atoms with van der Waals surface area (Å²) in [5.74, 6) is 0.690. The summed E-state index contributed by atoms with van der Waals surface area (Å²) in [5.41, 5.74) is 5.48. The van der Waals surface area contributed by atoms with Gasteiger partial charge in [0, 0.05) is 17.8 Å². The Morgan fingerprint density at radius 1 is 0.917 bits per heavy atom. The topological polar surface area (TPSA) is 26.3 Å². The maximum Gasteiger partial charge on any atom is 0.309 e. The predicted molar refractivity (Wildman–Crippen MR) is 92.9 cm³/mol. The van der Waals surface area contributed by atoms with E-state index in [1.807, 2.05) is 6.08 Å². The molecule has 1 aliphatic heterocycles. The zero-order chi connectivity index (χ0) is 16.3. The Labute approximate surface area is 142 Å². The van der Waals surface area contributed by atoms with Crippen LogP contribution in [0.5, 0.6) is 0 Å².